The molecule has 1 aromatic carbocycles. The molecule has 7 nitrogen and oxygen atoms in total. The van der Waals surface area contributed by atoms with Crippen LogP contribution >= 0.6 is 11.8 Å². The second-order valence-electron chi connectivity index (χ2n) is 4.42. The van der Waals surface area contributed by atoms with Crippen molar-refractivity contribution in [2.75, 3.05) is 18.2 Å². The number of aromatic nitrogens is 2. The van der Waals surface area contributed by atoms with E-state index in [0.29, 0.717) is 23.8 Å². The van der Waals surface area contributed by atoms with Crippen molar-refractivity contribution in [3.63, 3.8) is 0 Å². The summed E-state index contributed by atoms with van der Waals surface area (Å²) in [6.07, 6.45) is -3.89. The Morgan fingerprint density at radius 3 is 2.67 bits per heavy atom. The summed E-state index contributed by atoms with van der Waals surface area (Å²) in [7, 11) is 0. The lowest BCUT2D eigenvalue weighted by molar-refractivity contribution is -0.159. The summed E-state index contributed by atoms with van der Waals surface area (Å²) < 4.78 is 46.9. The molecule has 0 aliphatic rings. The highest BCUT2D eigenvalue weighted by molar-refractivity contribution is 7.99. The van der Waals surface area contributed by atoms with E-state index < -0.39 is 12.1 Å². The third kappa shape index (κ3) is 5.36. The van der Waals surface area contributed by atoms with Gasteiger partial charge in [-0.2, -0.15) is 29.9 Å². The van der Waals surface area contributed by atoms with E-state index in [0.717, 1.165) is 12.2 Å². The second kappa shape index (κ2) is 8.46. The molecule has 0 spiro atoms. The SMILES string of the molecule is [N-]=[N+]=NCSCCCOc1ccc(-c2noc(C(F)(F)F)n2)cc1. The van der Waals surface area contributed by atoms with Crippen molar-refractivity contribution in [2.45, 2.75) is 12.6 Å². The molecule has 2 rings (SSSR count). The quantitative estimate of drug-likeness (QED) is 0.299. The monoisotopic (exact) mass is 359 g/mol. The van der Waals surface area contributed by atoms with Crippen LogP contribution in [0.15, 0.2) is 33.9 Å². The maximum Gasteiger partial charge on any atom is 0.471 e. The molecule has 1 heterocycles. The Morgan fingerprint density at radius 1 is 1.29 bits per heavy atom. The van der Waals surface area contributed by atoms with E-state index in [-0.39, 0.29) is 5.82 Å². The molecule has 0 aliphatic heterocycles. The first-order valence-corrected chi connectivity index (χ1v) is 7.89. The van der Waals surface area contributed by atoms with Crippen LogP contribution in [0.25, 0.3) is 21.8 Å². The molecule has 0 unspecified atom stereocenters. The van der Waals surface area contributed by atoms with Gasteiger partial charge in [0, 0.05) is 10.5 Å². The minimum Gasteiger partial charge on any atom is -0.494 e. The van der Waals surface area contributed by atoms with Crippen LogP contribution in [0.3, 0.4) is 0 Å². The number of hydrogen-bond acceptors (Lipinski definition) is 6. The van der Waals surface area contributed by atoms with Crippen molar-refractivity contribution in [3.05, 3.63) is 40.6 Å². The minimum absolute atomic E-state index is 0.136. The van der Waals surface area contributed by atoms with E-state index in [1.165, 1.54) is 11.8 Å². The van der Waals surface area contributed by atoms with Crippen LogP contribution in [-0.2, 0) is 6.18 Å². The van der Waals surface area contributed by atoms with Gasteiger partial charge in [-0.1, -0.05) is 10.3 Å². The fourth-order valence-corrected chi connectivity index (χ4v) is 2.22. The van der Waals surface area contributed by atoms with Crippen LogP contribution in [-0.4, -0.2) is 28.4 Å². The fraction of sp³-hybridized carbons (Fsp3) is 0.385. The molecule has 0 N–H and O–H groups in total. The molecule has 0 fully saturated rings. The summed E-state index contributed by atoms with van der Waals surface area (Å²) in [4.78, 5) is 5.95. The van der Waals surface area contributed by atoms with Crippen molar-refractivity contribution in [2.24, 2.45) is 5.11 Å². The van der Waals surface area contributed by atoms with Crippen LogP contribution < -0.4 is 4.74 Å². The molecule has 0 bridgehead atoms. The van der Waals surface area contributed by atoms with E-state index >= 15 is 0 Å². The highest BCUT2D eigenvalue weighted by Gasteiger charge is 2.38. The first-order valence-electron chi connectivity index (χ1n) is 6.73. The average Bonchev–Trinajstić information content (AvgIpc) is 3.05. The number of hydrogen-bond donors (Lipinski definition) is 0. The Hall–Kier alpha value is -2.39. The molecule has 0 saturated heterocycles. The summed E-state index contributed by atoms with van der Waals surface area (Å²) in [5.74, 6) is 0.244. The van der Waals surface area contributed by atoms with Crippen molar-refractivity contribution in [3.8, 4) is 17.1 Å². The second-order valence-corrected chi connectivity index (χ2v) is 5.49. The lowest BCUT2D eigenvalue weighted by Crippen LogP contribution is -2.04. The van der Waals surface area contributed by atoms with Gasteiger partial charge in [0.1, 0.15) is 5.75 Å². The first-order chi connectivity index (χ1) is 11.5. The molecular formula is C13H12F3N5O2S. The Balaban J connectivity index is 1.82. The molecular weight excluding hydrogens is 347 g/mol. The standard InChI is InChI=1S/C13H12F3N5O2S/c14-13(15,16)12-19-11(20-23-12)9-2-4-10(5-3-9)22-6-1-7-24-8-18-21-17/h2-5H,1,6-8H2. The molecule has 0 aliphatic carbocycles. The van der Waals surface area contributed by atoms with Crippen LogP contribution in [0.2, 0.25) is 0 Å². The van der Waals surface area contributed by atoms with Gasteiger partial charge in [-0.25, -0.2) is 0 Å². The van der Waals surface area contributed by atoms with Crippen LogP contribution in [0.4, 0.5) is 13.2 Å². The third-order valence-corrected chi connectivity index (χ3v) is 3.57. The van der Waals surface area contributed by atoms with Crippen molar-refractivity contribution in [1.82, 2.24) is 10.1 Å². The summed E-state index contributed by atoms with van der Waals surface area (Å²) in [5.41, 5.74) is 8.51. The van der Waals surface area contributed by atoms with E-state index in [1.807, 2.05) is 0 Å². The summed E-state index contributed by atoms with van der Waals surface area (Å²) in [6.45, 7) is 0.475. The zero-order valence-corrected chi connectivity index (χ0v) is 13.0. The van der Waals surface area contributed by atoms with Gasteiger partial charge in [-0.15, -0.1) is 0 Å². The number of ether oxygens (including phenoxy) is 1. The fourth-order valence-electron chi connectivity index (χ4n) is 1.64. The van der Waals surface area contributed by atoms with E-state index in [9.17, 15) is 13.2 Å². The third-order valence-electron chi connectivity index (χ3n) is 2.70. The molecule has 0 radical (unpaired) electrons. The zero-order chi connectivity index (χ0) is 17.4. The maximum atomic E-state index is 12.4. The lowest BCUT2D eigenvalue weighted by Gasteiger charge is -2.05. The molecule has 0 saturated carbocycles. The van der Waals surface area contributed by atoms with Gasteiger partial charge >= 0.3 is 12.1 Å². The lowest BCUT2D eigenvalue weighted by atomic mass is 10.2. The largest absolute Gasteiger partial charge is 0.494 e. The summed E-state index contributed by atoms with van der Waals surface area (Å²) >= 11 is 1.50. The Kier molecular flexibility index (Phi) is 6.33. The Bertz CT molecular complexity index is 698. The van der Waals surface area contributed by atoms with Gasteiger partial charge in [0.15, 0.2) is 0 Å². The minimum atomic E-state index is -4.66. The van der Waals surface area contributed by atoms with E-state index in [2.05, 4.69) is 24.7 Å². The van der Waals surface area contributed by atoms with Gasteiger partial charge < -0.3 is 9.26 Å². The van der Waals surface area contributed by atoms with Gasteiger partial charge in [0.05, 0.1) is 12.5 Å². The number of alkyl halides is 3. The summed E-state index contributed by atoms with van der Waals surface area (Å²) in [5, 5.41) is 6.71. The number of nitrogens with zero attached hydrogens (tertiary/aromatic N) is 5. The molecule has 24 heavy (non-hydrogen) atoms. The smallest absolute Gasteiger partial charge is 0.471 e. The van der Waals surface area contributed by atoms with Gasteiger partial charge in [-0.3, -0.25) is 0 Å². The highest BCUT2D eigenvalue weighted by Crippen LogP contribution is 2.29. The molecule has 0 amide bonds. The maximum absolute atomic E-state index is 12.4. The van der Waals surface area contributed by atoms with Crippen LogP contribution in [0, 0.1) is 0 Å². The molecule has 0 atom stereocenters. The highest BCUT2D eigenvalue weighted by atomic mass is 32.2. The van der Waals surface area contributed by atoms with E-state index in [4.69, 9.17) is 10.3 Å². The average molecular weight is 359 g/mol. The molecule has 2 aromatic rings. The predicted molar refractivity (Wildman–Crippen MR) is 81.3 cm³/mol. The first kappa shape index (κ1) is 18.0. The van der Waals surface area contributed by atoms with Gasteiger partial charge in [0.25, 0.3) is 0 Å². The van der Waals surface area contributed by atoms with Gasteiger partial charge in [0.2, 0.25) is 5.82 Å². The predicted octanol–water partition coefficient (Wildman–Crippen LogP) is 4.53. The Labute approximate surface area is 138 Å². The topological polar surface area (TPSA) is 96.9 Å². The molecule has 128 valence electrons. The number of azide groups is 1. The van der Waals surface area contributed by atoms with Crippen molar-refractivity contribution in [1.29, 1.82) is 0 Å². The van der Waals surface area contributed by atoms with Crippen LogP contribution in [0.1, 0.15) is 12.3 Å². The van der Waals surface area contributed by atoms with Crippen LogP contribution in [0.5, 0.6) is 5.75 Å². The van der Waals surface area contributed by atoms with Crippen molar-refractivity contribution < 1.29 is 22.4 Å². The molecule has 1 aromatic heterocycles. The van der Waals surface area contributed by atoms with Crippen molar-refractivity contribution >= 4 is 11.8 Å². The molecule has 11 heteroatoms. The van der Waals surface area contributed by atoms with E-state index in [1.54, 1.807) is 24.3 Å². The Morgan fingerprint density at radius 2 is 2.04 bits per heavy atom. The summed E-state index contributed by atoms with van der Waals surface area (Å²) in [6, 6.07) is 6.34. The normalized spacial score (nSPS) is 11.1. The number of thioether (sulfide) groups is 1. The number of benzene rings is 1. The number of halogens is 3. The number of rotatable bonds is 8. The van der Waals surface area contributed by atoms with Gasteiger partial charge in [-0.05, 0) is 42.0 Å². The zero-order valence-electron chi connectivity index (χ0n) is 12.2.